The molecular formula is C29H46O5SSi2. The molecule has 0 bridgehead atoms. The standard InChI is InChI=1S/C29H46O5SSi2/c1-19(2)36(20(3)4)31-18-26-27(33-37(34-36,21(5)6)22(7)8)28(29(32-26)35-9)30-17-23-14-15-24-12-10-11-13-25(24)16-23/h10-16,19-22,26-29H,17-18H2,1-9H3/t26-,27-,28+,29-/m1/s1. The van der Waals surface area contributed by atoms with Crippen LogP contribution in [0, 0.1) is 0 Å². The van der Waals surface area contributed by atoms with Crippen molar-refractivity contribution in [1.29, 1.82) is 0 Å². The molecule has 2 heterocycles. The molecule has 0 unspecified atom stereocenters. The minimum absolute atomic E-state index is 0.114. The minimum atomic E-state index is -2.73. The molecule has 2 fully saturated rings. The summed E-state index contributed by atoms with van der Waals surface area (Å²) >= 11 is 1.69. The highest BCUT2D eigenvalue weighted by molar-refractivity contribution is 7.99. The van der Waals surface area contributed by atoms with E-state index in [0.717, 1.165) is 5.56 Å². The zero-order valence-corrected chi connectivity index (χ0v) is 26.8. The molecule has 0 N–H and O–H groups in total. The zero-order valence-electron chi connectivity index (χ0n) is 24.0. The van der Waals surface area contributed by atoms with Gasteiger partial charge in [-0.25, -0.2) is 0 Å². The lowest BCUT2D eigenvalue weighted by atomic mass is 10.1. The fourth-order valence-electron chi connectivity index (χ4n) is 5.99. The van der Waals surface area contributed by atoms with Crippen molar-refractivity contribution in [3.8, 4) is 0 Å². The van der Waals surface area contributed by atoms with Crippen LogP contribution >= 0.6 is 11.8 Å². The maximum absolute atomic E-state index is 7.36. The Balaban J connectivity index is 1.65. The van der Waals surface area contributed by atoms with Crippen LogP contribution in [0.1, 0.15) is 61.0 Å². The number of hydrogen-bond donors (Lipinski definition) is 0. The van der Waals surface area contributed by atoms with Crippen LogP contribution in [0.5, 0.6) is 0 Å². The van der Waals surface area contributed by atoms with Gasteiger partial charge in [0.05, 0.1) is 13.2 Å². The number of ether oxygens (including phenoxy) is 2. The summed E-state index contributed by atoms with van der Waals surface area (Å²) in [6, 6.07) is 15.0. The van der Waals surface area contributed by atoms with Gasteiger partial charge < -0.3 is 22.4 Å². The zero-order chi connectivity index (χ0) is 27.0. The van der Waals surface area contributed by atoms with Gasteiger partial charge in [0.15, 0.2) is 0 Å². The van der Waals surface area contributed by atoms with Crippen molar-refractivity contribution in [3.05, 3.63) is 48.0 Å². The highest BCUT2D eigenvalue weighted by atomic mass is 32.2. The average Bonchev–Trinajstić information content (AvgIpc) is 3.17. The Hall–Kier alpha value is -0.716. The number of hydrogen-bond acceptors (Lipinski definition) is 6. The molecule has 0 amide bonds. The lowest BCUT2D eigenvalue weighted by Crippen LogP contribution is -2.66. The number of rotatable bonds is 8. The van der Waals surface area contributed by atoms with Crippen LogP contribution in [0.15, 0.2) is 42.5 Å². The molecule has 0 radical (unpaired) electrons. The van der Waals surface area contributed by atoms with E-state index in [2.05, 4.69) is 104 Å². The van der Waals surface area contributed by atoms with Crippen molar-refractivity contribution in [3.63, 3.8) is 0 Å². The molecule has 0 saturated carbocycles. The van der Waals surface area contributed by atoms with Gasteiger partial charge in [-0.2, -0.15) is 0 Å². The quantitative estimate of drug-likeness (QED) is 0.306. The maximum Gasteiger partial charge on any atom is 0.335 e. The molecule has 2 aromatic carbocycles. The number of thioether (sulfide) groups is 1. The van der Waals surface area contributed by atoms with Crippen molar-refractivity contribution in [2.45, 2.75) is 108 Å². The van der Waals surface area contributed by atoms with Crippen molar-refractivity contribution < 1.29 is 22.4 Å². The van der Waals surface area contributed by atoms with Crippen molar-refractivity contribution in [2.75, 3.05) is 12.9 Å². The van der Waals surface area contributed by atoms with Gasteiger partial charge in [0.25, 0.3) is 0 Å². The molecular weight excluding hydrogens is 517 g/mol. The largest absolute Gasteiger partial charge is 0.414 e. The Morgan fingerprint density at radius 1 is 0.865 bits per heavy atom. The van der Waals surface area contributed by atoms with Gasteiger partial charge in [-0.1, -0.05) is 91.8 Å². The Labute approximate surface area is 230 Å². The molecule has 4 rings (SSSR count). The highest BCUT2D eigenvalue weighted by Crippen LogP contribution is 2.48. The van der Waals surface area contributed by atoms with Crippen LogP contribution in [0.3, 0.4) is 0 Å². The fraction of sp³-hybridized carbons (Fsp3) is 0.655. The first-order chi connectivity index (χ1) is 17.5. The molecule has 5 nitrogen and oxygen atoms in total. The molecule has 8 heteroatoms. The predicted octanol–water partition coefficient (Wildman–Crippen LogP) is 7.77. The van der Waals surface area contributed by atoms with Crippen LogP contribution in [-0.2, 0) is 29.0 Å². The molecule has 37 heavy (non-hydrogen) atoms. The number of fused-ring (bicyclic) bond motifs is 2. The maximum atomic E-state index is 7.36. The second kappa shape index (κ2) is 11.8. The van der Waals surface area contributed by atoms with Gasteiger partial charge in [-0.3, -0.25) is 0 Å². The first kappa shape index (κ1) is 29.3. The van der Waals surface area contributed by atoms with E-state index in [0.29, 0.717) is 24.3 Å². The smallest absolute Gasteiger partial charge is 0.335 e. The molecule has 0 aromatic heterocycles. The van der Waals surface area contributed by atoms with Crippen LogP contribution in [-0.4, -0.2) is 53.7 Å². The third-order valence-corrected chi connectivity index (χ3v) is 19.2. The van der Waals surface area contributed by atoms with E-state index in [1.165, 1.54) is 10.8 Å². The topological polar surface area (TPSA) is 46.2 Å². The lowest BCUT2D eigenvalue weighted by molar-refractivity contribution is -0.0491. The minimum Gasteiger partial charge on any atom is -0.414 e. The van der Waals surface area contributed by atoms with Gasteiger partial charge in [0.1, 0.15) is 23.7 Å². The van der Waals surface area contributed by atoms with E-state index in [-0.39, 0.29) is 34.8 Å². The summed E-state index contributed by atoms with van der Waals surface area (Å²) < 4.78 is 34.8. The van der Waals surface area contributed by atoms with E-state index >= 15 is 0 Å². The molecule has 0 spiro atoms. The van der Waals surface area contributed by atoms with Crippen LogP contribution in [0.25, 0.3) is 10.8 Å². The Kier molecular flexibility index (Phi) is 9.34. The number of benzene rings is 2. The van der Waals surface area contributed by atoms with E-state index in [1.54, 1.807) is 11.8 Å². The fourth-order valence-corrected chi connectivity index (χ4v) is 18.0. The third kappa shape index (κ3) is 5.64. The Bertz CT molecular complexity index is 1030. The van der Waals surface area contributed by atoms with Crippen LogP contribution in [0.2, 0.25) is 22.2 Å². The first-order valence-corrected chi connectivity index (χ1v) is 19.1. The molecule has 206 valence electrons. The molecule has 0 aliphatic carbocycles. The van der Waals surface area contributed by atoms with Crippen molar-refractivity contribution in [2.24, 2.45) is 0 Å². The summed E-state index contributed by atoms with van der Waals surface area (Å²) in [6.45, 7) is 19.0. The van der Waals surface area contributed by atoms with Gasteiger partial charge in [0.2, 0.25) is 0 Å². The SMILES string of the molecule is CS[C@H]1O[C@@H]2CO[Si](C(C)C)(C(C)C)O[Si](C(C)C)(C(C)C)O[C@H]2[C@@H]1OCc1ccc2ccccc2c1. The summed E-state index contributed by atoms with van der Waals surface area (Å²) in [7, 11) is -5.31. The third-order valence-electron chi connectivity index (χ3n) is 8.09. The lowest BCUT2D eigenvalue weighted by Gasteiger charge is -2.51. The second-order valence-corrected chi connectivity index (χ2v) is 21.6. The van der Waals surface area contributed by atoms with Crippen molar-refractivity contribution >= 4 is 39.7 Å². The van der Waals surface area contributed by atoms with Gasteiger partial charge in [0, 0.05) is 0 Å². The van der Waals surface area contributed by atoms with Gasteiger partial charge in [-0.05, 0) is 50.8 Å². The monoisotopic (exact) mass is 562 g/mol. The summed E-state index contributed by atoms with van der Waals surface area (Å²) in [6.07, 6.45) is 1.50. The Morgan fingerprint density at radius 2 is 1.49 bits per heavy atom. The summed E-state index contributed by atoms with van der Waals surface area (Å²) in [5, 5.41) is 2.46. The Morgan fingerprint density at radius 3 is 2.08 bits per heavy atom. The second-order valence-electron chi connectivity index (χ2n) is 11.8. The molecule has 2 aliphatic rings. The molecule has 4 atom stereocenters. The molecule has 2 aliphatic heterocycles. The van der Waals surface area contributed by atoms with Crippen LogP contribution in [0.4, 0.5) is 0 Å². The highest BCUT2D eigenvalue weighted by Gasteiger charge is 2.61. The van der Waals surface area contributed by atoms with Crippen LogP contribution < -0.4 is 0 Å². The van der Waals surface area contributed by atoms with E-state index < -0.39 is 17.1 Å². The van der Waals surface area contributed by atoms with E-state index in [1.807, 2.05) is 0 Å². The first-order valence-electron chi connectivity index (χ1n) is 13.8. The summed E-state index contributed by atoms with van der Waals surface area (Å²) in [5.41, 5.74) is 2.21. The molecule has 2 saturated heterocycles. The van der Waals surface area contributed by atoms with Gasteiger partial charge in [-0.15, -0.1) is 11.8 Å². The average molecular weight is 563 g/mol. The van der Waals surface area contributed by atoms with E-state index in [9.17, 15) is 0 Å². The predicted molar refractivity (Wildman–Crippen MR) is 159 cm³/mol. The van der Waals surface area contributed by atoms with Gasteiger partial charge >= 0.3 is 17.1 Å². The van der Waals surface area contributed by atoms with Crippen molar-refractivity contribution in [1.82, 2.24) is 0 Å². The summed E-state index contributed by atoms with van der Waals surface area (Å²) in [4.78, 5) is 0. The molecule has 2 aromatic rings. The summed E-state index contributed by atoms with van der Waals surface area (Å²) in [5.74, 6) is 0. The normalized spacial score (nSPS) is 27.7. The van der Waals surface area contributed by atoms with E-state index in [4.69, 9.17) is 22.4 Å².